The van der Waals surface area contributed by atoms with Crippen LogP contribution in [0.25, 0.3) is 11.3 Å². The molecule has 5 rings (SSSR count). The molecule has 2 aromatic heterocycles. The molecule has 192 valence electrons. The van der Waals surface area contributed by atoms with Crippen molar-refractivity contribution in [3.8, 4) is 11.3 Å². The molecule has 0 aliphatic carbocycles. The Labute approximate surface area is 211 Å². The highest BCUT2D eigenvalue weighted by molar-refractivity contribution is 5.72. The van der Waals surface area contributed by atoms with E-state index in [1.165, 1.54) is 12.1 Å². The van der Waals surface area contributed by atoms with Gasteiger partial charge in [-0.3, -0.25) is 4.90 Å². The van der Waals surface area contributed by atoms with Crippen LogP contribution in [0.2, 0.25) is 0 Å². The summed E-state index contributed by atoms with van der Waals surface area (Å²) in [5, 5.41) is 19.3. The molecular weight excluding hydrogens is 483 g/mol. The van der Waals surface area contributed by atoms with Crippen LogP contribution in [0.5, 0.6) is 0 Å². The molecule has 0 saturated heterocycles. The van der Waals surface area contributed by atoms with E-state index in [4.69, 9.17) is 0 Å². The first-order valence-corrected chi connectivity index (χ1v) is 11.9. The number of pyridine rings is 1. The third kappa shape index (κ3) is 5.51. The van der Waals surface area contributed by atoms with E-state index < -0.39 is 24.5 Å². The monoisotopic (exact) mass is 509 g/mol. The van der Waals surface area contributed by atoms with Crippen LogP contribution < -0.4 is 4.90 Å². The van der Waals surface area contributed by atoms with Crippen molar-refractivity contribution >= 4 is 11.4 Å². The van der Waals surface area contributed by atoms with Gasteiger partial charge in [0, 0.05) is 49.0 Å². The molecule has 1 aliphatic heterocycles. The zero-order valence-electron chi connectivity index (χ0n) is 19.9. The van der Waals surface area contributed by atoms with E-state index in [0.717, 1.165) is 34.8 Å². The van der Waals surface area contributed by atoms with E-state index >= 15 is 0 Å². The minimum atomic E-state index is -4.39. The Morgan fingerprint density at radius 1 is 1.03 bits per heavy atom. The second-order valence-corrected chi connectivity index (χ2v) is 8.93. The summed E-state index contributed by atoms with van der Waals surface area (Å²) in [6, 6.07) is 16.4. The van der Waals surface area contributed by atoms with Crippen LogP contribution in [-0.4, -0.2) is 49.8 Å². The molecule has 0 amide bonds. The van der Waals surface area contributed by atoms with Gasteiger partial charge in [-0.2, -0.15) is 13.2 Å². The average molecular weight is 510 g/mol. The number of nitrogens with zero attached hydrogens (tertiary/aromatic N) is 4. The minimum absolute atomic E-state index is 0.376. The Bertz CT molecular complexity index is 1340. The molecule has 1 aliphatic rings. The number of imidazole rings is 1. The summed E-state index contributed by atoms with van der Waals surface area (Å²) in [6.07, 6.45) is -1.99. The van der Waals surface area contributed by atoms with Crippen molar-refractivity contribution in [1.82, 2.24) is 19.9 Å². The van der Waals surface area contributed by atoms with Gasteiger partial charge in [0.05, 0.1) is 30.1 Å². The first kappa shape index (κ1) is 24.9. The fourth-order valence-corrected chi connectivity index (χ4v) is 4.54. The first-order chi connectivity index (χ1) is 17.8. The molecule has 0 bridgehead atoms. The van der Waals surface area contributed by atoms with E-state index in [-0.39, 0.29) is 0 Å². The molecule has 0 fully saturated rings. The molecular formula is C27H26F3N5O2. The zero-order chi connectivity index (χ0) is 26.0. The third-order valence-corrected chi connectivity index (χ3v) is 6.42. The molecule has 2 aromatic carbocycles. The maximum atomic E-state index is 13.1. The van der Waals surface area contributed by atoms with Crippen molar-refractivity contribution < 1.29 is 23.4 Å². The molecule has 3 heterocycles. The number of nitrogens with one attached hydrogen (secondary N) is 1. The molecule has 10 heteroatoms. The van der Waals surface area contributed by atoms with Crippen LogP contribution >= 0.6 is 0 Å². The van der Waals surface area contributed by atoms with Gasteiger partial charge in [0.2, 0.25) is 0 Å². The van der Waals surface area contributed by atoms with Gasteiger partial charge >= 0.3 is 6.18 Å². The predicted octanol–water partition coefficient (Wildman–Crippen LogP) is 4.67. The number of aliphatic hydroxyl groups is 2. The molecule has 37 heavy (non-hydrogen) atoms. The van der Waals surface area contributed by atoms with Crippen molar-refractivity contribution in [1.29, 1.82) is 0 Å². The zero-order valence-corrected chi connectivity index (χ0v) is 19.9. The fourth-order valence-electron chi connectivity index (χ4n) is 4.54. The Morgan fingerprint density at radius 3 is 2.54 bits per heavy atom. The lowest BCUT2D eigenvalue weighted by molar-refractivity contribution is -0.137. The highest BCUT2D eigenvalue weighted by atomic mass is 19.4. The Kier molecular flexibility index (Phi) is 6.96. The number of benzene rings is 2. The van der Waals surface area contributed by atoms with Gasteiger partial charge in [0.1, 0.15) is 11.9 Å². The summed E-state index contributed by atoms with van der Waals surface area (Å²) in [5.41, 5.74) is 3.73. The standard InChI is InChI=1S/C27H26F3N5O2/c28-27(29,30)20-5-7-21(8-6-20)35-13-12-34(16-26-31-10-11-32-26)15-19-14-18(4-9-24(19)35)22-2-1-3-23(33-22)25(37)17-36/h1-11,14,25,36-37H,12-13,15-17H2,(H,31,32)/t25-/m1/s1. The number of fused-ring (bicyclic) bond motifs is 1. The lowest BCUT2D eigenvalue weighted by Crippen LogP contribution is -2.29. The van der Waals surface area contributed by atoms with E-state index in [1.54, 1.807) is 24.5 Å². The predicted molar refractivity (Wildman–Crippen MR) is 133 cm³/mol. The number of rotatable bonds is 6. The third-order valence-electron chi connectivity index (χ3n) is 6.42. The van der Waals surface area contributed by atoms with Gasteiger partial charge in [0.15, 0.2) is 0 Å². The molecule has 1 atom stereocenters. The summed E-state index contributed by atoms with van der Waals surface area (Å²) in [5.74, 6) is 0.827. The number of aliphatic hydroxyl groups excluding tert-OH is 2. The van der Waals surface area contributed by atoms with Crippen LogP contribution in [0, 0.1) is 0 Å². The summed E-state index contributed by atoms with van der Waals surface area (Å²) >= 11 is 0. The molecule has 0 radical (unpaired) electrons. The Morgan fingerprint density at radius 2 is 1.84 bits per heavy atom. The summed E-state index contributed by atoms with van der Waals surface area (Å²) < 4.78 is 39.4. The molecule has 0 spiro atoms. The number of aromatic nitrogens is 3. The van der Waals surface area contributed by atoms with Crippen molar-refractivity contribution in [2.75, 3.05) is 24.6 Å². The second kappa shape index (κ2) is 10.3. The molecule has 0 saturated carbocycles. The summed E-state index contributed by atoms with van der Waals surface area (Å²) in [6.45, 7) is 2.01. The summed E-state index contributed by atoms with van der Waals surface area (Å²) in [4.78, 5) is 16.2. The normalized spacial score (nSPS) is 15.3. The largest absolute Gasteiger partial charge is 0.416 e. The number of H-pyrrole nitrogens is 1. The maximum Gasteiger partial charge on any atom is 0.416 e. The van der Waals surface area contributed by atoms with Gasteiger partial charge in [-0.15, -0.1) is 0 Å². The van der Waals surface area contributed by atoms with Gasteiger partial charge in [0.25, 0.3) is 0 Å². The number of halogens is 3. The fraction of sp³-hybridized carbons (Fsp3) is 0.259. The van der Waals surface area contributed by atoms with Crippen LogP contribution in [0.3, 0.4) is 0 Å². The van der Waals surface area contributed by atoms with E-state index in [1.807, 2.05) is 29.2 Å². The number of aromatic amines is 1. The van der Waals surface area contributed by atoms with Crippen molar-refractivity contribution in [2.45, 2.75) is 25.4 Å². The second-order valence-electron chi connectivity index (χ2n) is 8.93. The molecule has 3 N–H and O–H groups in total. The van der Waals surface area contributed by atoms with Gasteiger partial charge in [-0.1, -0.05) is 12.1 Å². The van der Waals surface area contributed by atoms with E-state index in [0.29, 0.717) is 43.3 Å². The topological polar surface area (TPSA) is 88.5 Å². The first-order valence-electron chi connectivity index (χ1n) is 11.9. The van der Waals surface area contributed by atoms with Crippen molar-refractivity contribution in [2.24, 2.45) is 0 Å². The number of hydrogen-bond donors (Lipinski definition) is 3. The van der Waals surface area contributed by atoms with Crippen molar-refractivity contribution in [3.05, 3.63) is 95.7 Å². The van der Waals surface area contributed by atoms with Gasteiger partial charge in [-0.25, -0.2) is 9.97 Å². The van der Waals surface area contributed by atoms with E-state index in [2.05, 4.69) is 19.9 Å². The van der Waals surface area contributed by atoms with Crippen LogP contribution in [-0.2, 0) is 19.3 Å². The molecule has 4 aromatic rings. The highest BCUT2D eigenvalue weighted by Gasteiger charge is 2.30. The lowest BCUT2D eigenvalue weighted by Gasteiger charge is -2.26. The Hall–Kier alpha value is -3.73. The van der Waals surface area contributed by atoms with Gasteiger partial charge in [-0.05, 0) is 54.1 Å². The summed E-state index contributed by atoms with van der Waals surface area (Å²) in [7, 11) is 0. The smallest absolute Gasteiger partial charge is 0.393 e. The highest BCUT2D eigenvalue weighted by Crippen LogP contribution is 2.36. The number of hydrogen-bond acceptors (Lipinski definition) is 6. The van der Waals surface area contributed by atoms with Crippen LogP contribution in [0.4, 0.5) is 24.5 Å². The number of anilines is 2. The quantitative estimate of drug-likeness (QED) is 0.350. The molecule has 7 nitrogen and oxygen atoms in total. The molecule has 0 unspecified atom stereocenters. The minimum Gasteiger partial charge on any atom is -0.393 e. The van der Waals surface area contributed by atoms with Gasteiger partial charge < -0.3 is 20.1 Å². The van der Waals surface area contributed by atoms with Crippen molar-refractivity contribution in [3.63, 3.8) is 0 Å². The maximum absolute atomic E-state index is 13.1. The lowest BCUT2D eigenvalue weighted by atomic mass is 10.0. The Balaban J connectivity index is 1.52. The van der Waals surface area contributed by atoms with Crippen LogP contribution in [0.1, 0.15) is 28.7 Å². The number of alkyl halides is 3. The van der Waals surface area contributed by atoms with E-state index in [9.17, 15) is 23.4 Å². The van der Waals surface area contributed by atoms with Crippen LogP contribution in [0.15, 0.2) is 73.1 Å². The average Bonchev–Trinajstić information content (AvgIpc) is 3.34. The SMILES string of the molecule is OC[C@@H](O)c1cccc(-c2ccc3c(c2)CN(Cc2ncc[nH]2)CCN3c2ccc(C(F)(F)F)cc2)n1.